The van der Waals surface area contributed by atoms with Crippen LogP contribution in [0.25, 0.3) is 0 Å². The lowest BCUT2D eigenvalue weighted by Crippen LogP contribution is -2.42. The molecule has 1 amide bonds. The topological polar surface area (TPSA) is 50.8 Å². The van der Waals surface area contributed by atoms with Crippen LogP contribution in [0.3, 0.4) is 0 Å². The Morgan fingerprint density at radius 2 is 2.33 bits per heavy atom. The molecule has 5 nitrogen and oxygen atoms in total. The molecule has 3 saturated heterocycles. The Labute approximate surface area is 143 Å². The molecule has 4 rings (SSSR count). The van der Waals surface area contributed by atoms with Gasteiger partial charge in [-0.1, -0.05) is 12.1 Å². The van der Waals surface area contributed by atoms with Gasteiger partial charge in [-0.15, -0.1) is 0 Å². The van der Waals surface area contributed by atoms with Crippen LogP contribution in [0.2, 0.25) is 0 Å². The summed E-state index contributed by atoms with van der Waals surface area (Å²) in [5.41, 5.74) is 1.63. The van der Waals surface area contributed by atoms with Gasteiger partial charge in [0, 0.05) is 31.5 Å². The van der Waals surface area contributed by atoms with Gasteiger partial charge in [0.1, 0.15) is 5.75 Å². The van der Waals surface area contributed by atoms with E-state index in [4.69, 9.17) is 9.47 Å². The number of nitrogens with one attached hydrogen (secondary N) is 1. The van der Waals surface area contributed by atoms with E-state index in [1.54, 1.807) is 7.11 Å². The molecule has 1 spiro atoms. The second-order valence-corrected chi connectivity index (χ2v) is 7.59. The standard InChI is InChI=1S/C19H26N2O3/c1-12-5-4-6-16(23-3)17(12)18(22)20-9-13-14-10-21(2)11-19(14)8-7-15(13)24-19/h4-6,13-15H,7-11H2,1-3H3,(H,20,22)/t13-,14+,15+,19+/m0/s1. The summed E-state index contributed by atoms with van der Waals surface area (Å²) in [4.78, 5) is 15.1. The van der Waals surface area contributed by atoms with E-state index < -0.39 is 0 Å². The molecule has 130 valence electrons. The number of amides is 1. The number of nitrogens with zero attached hydrogens (tertiary/aromatic N) is 1. The second kappa shape index (κ2) is 5.74. The summed E-state index contributed by atoms with van der Waals surface area (Å²) < 4.78 is 11.7. The summed E-state index contributed by atoms with van der Waals surface area (Å²) >= 11 is 0. The van der Waals surface area contributed by atoms with E-state index in [1.165, 1.54) is 6.42 Å². The van der Waals surface area contributed by atoms with Crippen LogP contribution in [0.15, 0.2) is 18.2 Å². The number of hydrogen-bond acceptors (Lipinski definition) is 4. The van der Waals surface area contributed by atoms with E-state index in [9.17, 15) is 4.79 Å². The SMILES string of the molecule is COc1cccc(C)c1C(=O)NC[C@H]1[C@H]2CN(C)C[C@]23CC[C@H]1O3. The van der Waals surface area contributed by atoms with E-state index in [2.05, 4.69) is 17.3 Å². The summed E-state index contributed by atoms with van der Waals surface area (Å²) in [6.45, 7) is 4.73. The highest BCUT2D eigenvalue weighted by atomic mass is 16.5. The first-order valence-electron chi connectivity index (χ1n) is 8.82. The molecule has 0 aromatic heterocycles. The number of fused-ring (bicyclic) bond motifs is 1. The van der Waals surface area contributed by atoms with Crippen molar-refractivity contribution in [2.45, 2.75) is 31.5 Å². The monoisotopic (exact) mass is 330 g/mol. The van der Waals surface area contributed by atoms with Crippen molar-refractivity contribution in [3.05, 3.63) is 29.3 Å². The van der Waals surface area contributed by atoms with Crippen molar-refractivity contribution in [2.24, 2.45) is 11.8 Å². The van der Waals surface area contributed by atoms with E-state index >= 15 is 0 Å². The Morgan fingerprint density at radius 3 is 3.12 bits per heavy atom. The van der Waals surface area contributed by atoms with Gasteiger partial charge in [-0.2, -0.15) is 0 Å². The van der Waals surface area contributed by atoms with Gasteiger partial charge in [0.05, 0.1) is 24.4 Å². The molecule has 0 aliphatic carbocycles. The Morgan fingerprint density at radius 1 is 1.50 bits per heavy atom. The van der Waals surface area contributed by atoms with Crippen LogP contribution in [-0.2, 0) is 4.74 Å². The third kappa shape index (κ3) is 2.33. The van der Waals surface area contributed by atoms with Crippen molar-refractivity contribution in [1.82, 2.24) is 10.2 Å². The number of ether oxygens (including phenoxy) is 2. The Hall–Kier alpha value is -1.59. The summed E-state index contributed by atoms with van der Waals surface area (Å²) in [5, 5.41) is 3.15. The lowest BCUT2D eigenvalue weighted by molar-refractivity contribution is 0.00472. The van der Waals surface area contributed by atoms with Crippen molar-refractivity contribution in [3.63, 3.8) is 0 Å². The Kier molecular flexibility index (Phi) is 3.81. The number of carbonyl (C=O) groups is 1. The zero-order valence-corrected chi connectivity index (χ0v) is 14.7. The Bertz CT molecular complexity index is 662. The third-order valence-corrected chi connectivity index (χ3v) is 6.13. The lowest BCUT2D eigenvalue weighted by Gasteiger charge is -2.29. The van der Waals surface area contributed by atoms with Crippen LogP contribution in [0.5, 0.6) is 5.75 Å². The van der Waals surface area contributed by atoms with E-state index in [0.29, 0.717) is 35.8 Å². The lowest BCUT2D eigenvalue weighted by atomic mass is 9.73. The Balaban J connectivity index is 1.47. The minimum atomic E-state index is -0.0480. The maximum Gasteiger partial charge on any atom is 0.255 e. The quantitative estimate of drug-likeness (QED) is 0.915. The number of rotatable bonds is 4. The van der Waals surface area contributed by atoms with Crippen molar-refractivity contribution < 1.29 is 14.3 Å². The van der Waals surface area contributed by atoms with Crippen LogP contribution in [0.1, 0.15) is 28.8 Å². The fourth-order valence-corrected chi connectivity index (χ4v) is 5.10. The highest BCUT2D eigenvalue weighted by Gasteiger charge is 2.62. The van der Waals surface area contributed by atoms with E-state index in [0.717, 1.165) is 25.1 Å². The predicted molar refractivity (Wildman–Crippen MR) is 91.4 cm³/mol. The number of likely N-dealkylation sites (N-methyl/N-ethyl adjacent to an activating group) is 1. The van der Waals surface area contributed by atoms with Crippen molar-refractivity contribution in [3.8, 4) is 5.75 Å². The van der Waals surface area contributed by atoms with Gasteiger partial charge in [0.25, 0.3) is 5.91 Å². The molecule has 1 N–H and O–H groups in total. The molecular weight excluding hydrogens is 304 g/mol. The van der Waals surface area contributed by atoms with Gasteiger partial charge in [0.2, 0.25) is 0 Å². The van der Waals surface area contributed by atoms with Gasteiger partial charge in [-0.3, -0.25) is 4.79 Å². The average Bonchev–Trinajstić information content (AvgIpc) is 3.19. The van der Waals surface area contributed by atoms with Crippen molar-refractivity contribution in [1.29, 1.82) is 0 Å². The number of likely N-dealkylation sites (tertiary alicyclic amines) is 1. The number of methoxy groups -OCH3 is 1. The molecule has 0 unspecified atom stereocenters. The van der Waals surface area contributed by atoms with Gasteiger partial charge in [-0.25, -0.2) is 0 Å². The van der Waals surface area contributed by atoms with Gasteiger partial charge in [0.15, 0.2) is 0 Å². The summed E-state index contributed by atoms with van der Waals surface area (Å²) in [6, 6.07) is 5.69. The zero-order valence-electron chi connectivity index (χ0n) is 14.7. The molecule has 24 heavy (non-hydrogen) atoms. The third-order valence-electron chi connectivity index (χ3n) is 6.13. The summed E-state index contributed by atoms with van der Waals surface area (Å²) in [6.07, 6.45) is 2.60. The molecule has 1 aromatic rings. The van der Waals surface area contributed by atoms with Gasteiger partial charge in [-0.05, 0) is 38.4 Å². The molecule has 1 aromatic carbocycles. The first-order valence-corrected chi connectivity index (χ1v) is 8.82. The molecule has 0 radical (unpaired) electrons. The van der Waals surface area contributed by atoms with Crippen LogP contribution in [0.4, 0.5) is 0 Å². The minimum absolute atomic E-state index is 0.0480. The number of carbonyl (C=O) groups excluding carboxylic acids is 1. The highest BCUT2D eigenvalue weighted by molar-refractivity contribution is 5.98. The molecule has 2 bridgehead atoms. The normalized spacial score (nSPS) is 34.4. The predicted octanol–water partition coefficient (Wildman–Crippen LogP) is 1.84. The van der Waals surface area contributed by atoms with Crippen LogP contribution >= 0.6 is 0 Å². The molecule has 3 fully saturated rings. The largest absolute Gasteiger partial charge is 0.496 e. The average molecular weight is 330 g/mol. The van der Waals surface area contributed by atoms with Crippen molar-refractivity contribution >= 4 is 5.91 Å². The van der Waals surface area contributed by atoms with Gasteiger partial charge >= 0.3 is 0 Å². The smallest absolute Gasteiger partial charge is 0.255 e. The molecule has 3 aliphatic heterocycles. The maximum atomic E-state index is 12.7. The molecule has 3 heterocycles. The number of benzene rings is 1. The number of aryl methyl sites for hydroxylation is 1. The maximum absolute atomic E-state index is 12.7. The van der Waals surface area contributed by atoms with E-state index in [-0.39, 0.29) is 11.5 Å². The van der Waals surface area contributed by atoms with E-state index in [1.807, 2.05) is 25.1 Å². The minimum Gasteiger partial charge on any atom is -0.496 e. The second-order valence-electron chi connectivity index (χ2n) is 7.59. The highest BCUT2D eigenvalue weighted by Crippen LogP contribution is 2.54. The van der Waals surface area contributed by atoms with Crippen LogP contribution in [-0.4, -0.2) is 56.3 Å². The van der Waals surface area contributed by atoms with Crippen LogP contribution in [0, 0.1) is 18.8 Å². The fourth-order valence-electron chi connectivity index (χ4n) is 5.10. The summed E-state index contributed by atoms with van der Waals surface area (Å²) in [7, 11) is 3.77. The number of hydrogen-bond donors (Lipinski definition) is 1. The van der Waals surface area contributed by atoms with Gasteiger partial charge < -0.3 is 19.7 Å². The molecule has 0 saturated carbocycles. The molecular formula is C19H26N2O3. The summed E-state index contributed by atoms with van der Waals surface area (Å²) in [5.74, 6) is 1.55. The zero-order chi connectivity index (χ0) is 16.9. The van der Waals surface area contributed by atoms with Crippen molar-refractivity contribution in [2.75, 3.05) is 33.8 Å². The fraction of sp³-hybridized carbons (Fsp3) is 0.632. The molecule has 3 aliphatic rings. The van der Waals surface area contributed by atoms with Crippen LogP contribution < -0.4 is 10.1 Å². The first kappa shape index (κ1) is 15.9. The molecule has 5 heteroatoms. The first-order chi connectivity index (χ1) is 11.5. The molecule has 4 atom stereocenters.